The fourth-order valence-corrected chi connectivity index (χ4v) is 5.38. The van der Waals surface area contributed by atoms with Gasteiger partial charge in [0.2, 0.25) is 0 Å². The number of aromatic nitrogens is 1. The van der Waals surface area contributed by atoms with Gasteiger partial charge in [0, 0.05) is 0 Å². The van der Waals surface area contributed by atoms with Gasteiger partial charge < -0.3 is 4.74 Å². The molecule has 0 amide bonds. The number of hydrogen-bond acceptors (Lipinski definition) is 4. The molecule has 4 bridgehead atoms. The van der Waals surface area contributed by atoms with E-state index in [1.165, 1.54) is 43.4 Å². The Morgan fingerprint density at radius 2 is 1.89 bits per heavy atom. The first-order valence-electron chi connectivity index (χ1n) is 7.28. The van der Waals surface area contributed by atoms with E-state index in [4.69, 9.17) is 10.00 Å². The Morgan fingerprint density at radius 3 is 2.47 bits per heavy atom. The molecule has 0 radical (unpaired) electrons. The monoisotopic (exact) mass is 274 g/mol. The maximum atomic E-state index is 8.81. The lowest BCUT2D eigenvalue weighted by Crippen LogP contribution is -2.49. The maximum Gasteiger partial charge on any atom is 0.124 e. The molecule has 19 heavy (non-hydrogen) atoms. The predicted molar refractivity (Wildman–Crippen MR) is 72.5 cm³/mol. The average molecular weight is 274 g/mol. The standard InChI is InChI=1S/C15H18N2OS/c16-6-13-7-17-14(19-13)8-18-15-11-2-9-1-10(4-11)5-12(15)3-9/h7,9-12,15H,1-5,8H2. The Balaban J connectivity index is 1.42. The first-order valence-corrected chi connectivity index (χ1v) is 8.10. The summed E-state index contributed by atoms with van der Waals surface area (Å²) >= 11 is 1.46. The summed E-state index contributed by atoms with van der Waals surface area (Å²) in [6, 6.07) is 2.14. The van der Waals surface area contributed by atoms with E-state index in [1.54, 1.807) is 6.20 Å². The molecule has 0 atom stereocenters. The van der Waals surface area contributed by atoms with Gasteiger partial charge in [0.25, 0.3) is 0 Å². The molecule has 0 spiro atoms. The van der Waals surface area contributed by atoms with Crippen LogP contribution in [0.1, 0.15) is 42.0 Å². The highest BCUT2D eigenvalue weighted by molar-refractivity contribution is 7.12. The smallest absolute Gasteiger partial charge is 0.124 e. The third-order valence-corrected chi connectivity index (χ3v) is 6.08. The summed E-state index contributed by atoms with van der Waals surface area (Å²) in [6.45, 7) is 0.597. The second-order valence-corrected chi connectivity index (χ2v) is 7.55. The van der Waals surface area contributed by atoms with Crippen LogP contribution in [0.25, 0.3) is 0 Å². The van der Waals surface area contributed by atoms with Crippen LogP contribution < -0.4 is 0 Å². The molecule has 100 valence electrons. The van der Waals surface area contributed by atoms with Crippen molar-refractivity contribution in [3.63, 3.8) is 0 Å². The van der Waals surface area contributed by atoms with Crippen LogP contribution in [0, 0.1) is 35.0 Å². The predicted octanol–water partition coefficient (Wildman–Crippen LogP) is 3.36. The molecule has 0 saturated heterocycles. The molecule has 4 saturated carbocycles. The molecular weight excluding hydrogens is 256 g/mol. The third-order valence-electron chi connectivity index (χ3n) is 5.20. The lowest BCUT2D eigenvalue weighted by atomic mass is 9.55. The summed E-state index contributed by atoms with van der Waals surface area (Å²) in [5, 5.41) is 9.76. The zero-order valence-electron chi connectivity index (χ0n) is 10.9. The van der Waals surface area contributed by atoms with Gasteiger partial charge in [0.1, 0.15) is 16.0 Å². The van der Waals surface area contributed by atoms with Crippen molar-refractivity contribution in [2.45, 2.75) is 44.8 Å². The molecule has 0 unspecified atom stereocenters. The molecule has 4 fully saturated rings. The topological polar surface area (TPSA) is 45.9 Å². The summed E-state index contributed by atoms with van der Waals surface area (Å²) < 4.78 is 6.20. The highest BCUT2D eigenvalue weighted by Gasteiger charge is 2.48. The number of nitrogens with zero attached hydrogens (tertiary/aromatic N) is 2. The number of ether oxygens (including phenoxy) is 1. The first kappa shape index (κ1) is 11.9. The van der Waals surface area contributed by atoms with E-state index in [0.717, 1.165) is 28.7 Å². The molecule has 1 aromatic heterocycles. The summed E-state index contributed by atoms with van der Waals surface area (Å²) in [4.78, 5) is 4.94. The van der Waals surface area contributed by atoms with E-state index in [-0.39, 0.29) is 0 Å². The molecule has 3 nitrogen and oxygen atoms in total. The number of rotatable bonds is 3. The average Bonchev–Trinajstić information content (AvgIpc) is 2.85. The fraction of sp³-hybridized carbons (Fsp3) is 0.733. The van der Waals surface area contributed by atoms with E-state index in [1.807, 2.05) is 0 Å². The Kier molecular flexibility index (Phi) is 2.86. The van der Waals surface area contributed by atoms with Crippen LogP contribution in [0.3, 0.4) is 0 Å². The van der Waals surface area contributed by atoms with Gasteiger partial charge in [0.05, 0.1) is 18.9 Å². The molecule has 4 aliphatic carbocycles. The van der Waals surface area contributed by atoms with E-state index < -0.39 is 0 Å². The van der Waals surface area contributed by atoms with Gasteiger partial charge in [-0.15, -0.1) is 11.3 Å². The van der Waals surface area contributed by atoms with Crippen molar-refractivity contribution in [1.29, 1.82) is 5.26 Å². The van der Waals surface area contributed by atoms with Crippen LogP contribution in [0.15, 0.2) is 6.20 Å². The van der Waals surface area contributed by atoms with Crippen LogP contribution in [-0.2, 0) is 11.3 Å². The number of nitriles is 1. The Morgan fingerprint density at radius 1 is 1.21 bits per heavy atom. The van der Waals surface area contributed by atoms with Gasteiger partial charge in [-0.25, -0.2) is 4.98 Å². The van der Waals surface area contributed by atoms with E-state index in [9.17, 15) is 0 Å². The molecule has 4 aliphatic rings. The lowest BCUT2D eigenvalue weighted by Gasteiger charge is -2.53. The fourth-order valence-electron chi connectivity index (χ4n) is 4.74. The molecular formula is C15H18N2OS. The normalized spacial score (nSPS) is 39.4. The van der Waals surface area contributed by atoms with Gasteiger partial charge in [-0.05, 0) is 55.8 Å². The highest BCUT2D eigenvalue weighted by atomic mass is 32.1. The van der Waals surface area contributed by atoms with Gasteiger partial charge >= 0.3 is 0 Å². The third kappa shape index (κ3) is 2.09. The first-order chi connectivity index (χ1) is 9.31. The van der Waals surface area contributed by atoms with Gasteiger partial charge in [-0.1, -0.05) is 0 Å². The van der Waals surface area contributed by atoms with E-state index >= 15 is 0 Å². The summed E-state index contributed by atoms with van der Waals surface area (Å²) in [5.41, 5.74) is 0. The van der Waals surface area contributed by atoms with Crippen molar-refractivity contribution in [2.75, 3.05) is 0 Å². The van der Waals surface area contributed by atoms with Crippen molar-refractivity contribution in [3.05, 3.63) is 16.1 Å². The molecule has 0 aromatic carbocycles. The zero-order valence-corrected chi connectivity index (χ0v) is 11.7. The minimum atomic E-state index is 0.460. The van der Waals surface area contributed by atoms with Gasteiger partial charge in [0.15, 0.2) is 0 Å². The molecule has 5 rings (SSSR count). The van der Waals surface area contributed by atoms with E-state index in [0.29, 0.717) is 17.6 Å². The van der Waals surface area contributed by atoms with Crippen LogP contribution in [0.5, 0.6) is 0 Å². The molecule has 1 heterocycles. The lowest BCUT2D eigenvalue weighted by molar-refractivity contribution is -0.132. The molecule has 1 aromatic rings. The van der Waals surface area contributed by atoms with Crippen LogP contribution in [-0.4, -0.2) is 11.1 Å². The zero-order chi connectivity index (χ0) is 12.8. The van der Waals surface area contributed by atoms with E-state index in [2.05, 4.69) is 11.1 Å². The SMILES string of the molecule is N#Cc1cnc(COC2C3CC4CC(C3)CC2C4)s1. The number of thiazole rings is 1. The summed E-state index contributed by atoms with van der Waals surface area (Å²) in [6.07, 6.45) is 9.15. The van der Waals surface area contributed by atoms with Crippen molar-refractivity contribution >= 4 is 11.3 Å². The number of hydrogen-bond donors (Lipinski definition) is 0. The second kappa shape index (κ2) is 4.57. The Bertz CT molecular complexity index is 490. The summed E-state index contributed by atoms with van der Waals surface area (Å²) in [7, 11) is 0. The van der Waals surface area contributed by atoms with Crippen LogP contribution in [0.2, 0.25) is 0 Å². The van der Waals surface area contributed by atoms with Crippen LogP contribution in [0.4, 0.5) is 0 Å². The van der Waals surface area contributed by atoms with Crippen molar-refractivity contribution in [3.8, 4) is 6.07 Å². The van der Waals surface area contributed by atoms with Crippen LogP contribution >= 0.6 is 11.3 Å². The minimum absolute atomic E-state index is 0.460. The van der Waals surface area contributed by atoms with Gasteiger partial charge in [-0.3, -0.25) is 0 Å². The quantitative estimate of drug-likeness (QED) is 0.849. The Hall–Kier alpha value is -0.920. The van der Waals surface area contributed by atoms with Crippen molar-refractivity contribution in [1.82, 2.24) is 4.98 Å². The summed E-state index contributed by atoms with van der Waals surface area (Å²) in [5.74, 6) is 3.58. The highest BCUT2D eigenvalue weighted by Crippen LogP contribution is 2.54. The maximum absolute atomic E-state index is 8.81. The second-order valence-electron chi connectivity index (χ2n) is 6.44. The molecule has 4 heteroatoms. The van der Waals surface area contributed by atoms with Gasteiger partial charge in [-0.2, -0.15) is 5.26 Å². The molecule has 0 aliphatic heterocycles. The van der Waals surface area contributed by atoms with Crippen molar-refractivity contribution in [2.24, 2.45) is 23.7 Å². The largest absolute Gasteiger partial charge is 0.370 e. The minimum Gasteiger partial charge on any atom is -0.370 e. The van der Waals surface area contributed by atoms with Crippen molar-refractivity contribution < 1.29 is 4.74 Å². The Labute approximate surface area is 117 Å². The molecule has 0 N–H and O–H groups in total.